The number of benzene rings is 1. The third kappa shape index (κ3) is 3.91. The van der Waals surface area contributed by atoms with Crippen LogP contribution in [0, 0.1) is 21.4 Å². The number of nitro benzene ring substituents is 1. The van der Waals surface area contributed by atoms with Crippen molar-refractivity contribution in [2.75, 3.05) is 0 Å². The van der Waals surface area contributed by atoms with Crippen LogP contribution < -0.4 is 5.11 Å². The molecule has 1 fully saturated rings. The Morgan fingerprint density at radius 2 is 1.92 bits per heavy atom. The van der Waals surface area contributed by atoms with Crippen molar-refractivity contribution in [2.45, 2.75) is 38.6 Å². The van der Waals surface area contributed by atoms with E-state index in [9.17, 15) is 47.9 Å². The second-order valence-corrected chi connectivity index (χ2v) is 10.7. The molecule has 0 unspecified atom stereocenters. The molecule has 2 aromatic heterocycles. The first-order chi connectivity index (χ1) is 18.2. The average Bonchev–Trinajstić information content (AvgIpc) is 3.46. The number of carboxylic acids is 1. The van der Waals surface area contributed by atoms with Gasteiger partial charge in [0.25, 0.3) is 11.5 Å². The Bertz CT molecular complexity index is 1590. The number of nitro groups is 1. The van der Waals surface area contributed by atoms with Gasteiger partial charge < -0.3 is 19.9 Å². The minimum absolute atomic E-state index is 0.0498. The van der Waals surface area contributed by atoms with Crippen molar-refractivity contribution in [1.29, 1.82) is 0 Å². The number of carbonyl (C=O) groups excluding carboxylic acids is 3. The van der Waals surface area contributed by atoms with Crippen molar-refractivity contribution >= 4 is 45.1 Å². The van der Waals surface area contributed by atoms with Crippen molar-refractivity contribution in [2.24, 2.45) is 11.3 Å². The zero-order valence-corrected chi connectivity index (χ0v) is 20.9. The number of aromatic nitrogens is 2. The van der Waals surface area contributed by atoms with Gasteiger partial charge in [0, 0.05) is 29.3 Å². The number of aliphatic carboxylic acids is 1. The molecule has 15 heteroatoms. The number of alkyl halides is 3. The highest BCUT2D eigenvalue weighted by Gasteiger charge is 2.65. The fourth-order valence-corrected chi connectivity index (χ4v) is 6.86. The van der Waals surface area contributed by atoms with E-state index >= 15 is 0 Å². The lowest BCUT2D eigenvalue weighted by molar-refractivity contribution is -0.384. The van der Waals surface area contributed by atoms with Crippen molar-refractivity contribution in [3.05, 3.63) is 68.7 Å². The van der Waals surface area contributed by atoms with E-state index in [2.05, 4.69) is 4.98 Å². The molecule has 11 nitrogen and oxygen atoms in total. The van der Waals surface area contributed by atoms with Crippen LogP contribution in [0.2, 0.25) is 0 Å². The summed E-state index contributed by atoms with van der Waals surface area (Å²) in [6.45, 7) is 3.03. The molecule has 0 saturated carbocycles. The average molecular weight is 563 g/mol. The van der Waals surface area contributed by atoms with Gasteiger partial charge in [-0.15, -0.1) is 11.3 Å². The first-order valence-electron chi connectivity index (χ1n) is 11.5. The highest BCUT2D eigenvalue weighted by atomic mass is 32.1. The lowest BCUT2D eigenvalue weighted by Crippen LogP contribution is -2.66. The molecule has 0 bridgehead atoms. The number of β-lactam (4-membered cyclic amide) rings is 1. The topological polar surface area (TPSA) is 158 Å². The third-order valence-corrected chi connectivity index (χ3v) is 8.33. The molecule has 1 saturated heterocycles. The summed E-state index contributed by atoms with van der Waals surface area (Å²) in [6.07, 6.45) is -3.98. The molecular weight excluding hydrogens is 545 g/mol. The summed E-state index contributed by atoms with van der Waals surface area (Å²) < 4.78 is 40.6. The SMILES string of the molecule is C[C@@H](O)[C@H]1C(=O)N2C(C(=O)[O-])=C(c3cn4cnc(C(=O)C(F)(F)F)c4s3)[C@](C)(Cc3ccc([N+](=O)[O-])cc3)[C@@H]12. The number of hydrogen-bond donors (Lipinski definition) is 1. The van der Waals surface area contributed by atoms with Crippen molar-refractivity contribution < 1.29 is 42.7 Å². The number of thiazole rings is 1. The van der Waals surface area contributed by atoms with Gasteiger partial charge in [-0.25, -0.2) is 4.98 Å². The highest BCUT2D eigenvalue weighted by Crippen LogP contribution is 2.59. The smallest absolute Gasteiger partial charge is 0.456 e. The van der Waals surface area contributed by atoms with Crippen LogP contribution >= 0.6 is 11.3 Å². The van der Waals surface area contributed by atoms with Crippen LogP contribution in [0.25, 0.3) is 10.4 Å². The summed E-state index contributed by atoms with van der Waals surface area (Å²) in [5.74, 6) is -5.52. The number of Topliss-reactive ketones (excluding diaryl/α,β-unsaturated/α-hetero) is 1. The molecule has 4 heterocycles. The first kappa shape index (κ1) is 26.5. The molecule has 39 heavy (non-hydrogen) atoms. The maximum absolute atomic E-state index is 13.1. The molecule has 0 spiro atoms. The van der Waals surface area contributed by atoms with Gasteiger partial charge in [-0.2, -0.15) is 13.2 Å². The molecule has 5 rings (SSSR count). The fourth-order valence-electron chi connectivity index (χ4n) is 5.61. The van der Waals surface area contributed by atoms with Crippen molar-refractivity contribution in [3.63, 3.8) is 0 Å². The summed E-state index contributed by atoms with van der Waals surface area (Å²) in [6, 6.07) is 4.62. The number of rotatable bonds is 7. The molecular formula is C24H18F3N4O7S-. The Kier molecular flexibility index (Phi) is 5.91. The standard InChI is InChI=1S/C24H19F3N4O7S/c1-10(32)14-18-23(2,7-11-3-5-12(6-4-11)31(37)38)15(17(22(35)36)30(18)20(14)34)13-8-29-9-28-16(21(29)39-13)19(33)24(25,26)27/h3-6,8-10,14,18,32H,7H2,1-2H3,(H,35,36)/p-1/t10-,14-,18-,23+/m1/s1. The summed E-state index contributed by atoms with van der Waals surface area (Å²) in [5, 5.41) is 33.8. The third-order valence-electron chi connectivity index (χ3n) is 7.20. The lowest BCUT2D eigenvalue weighted by Gasteiger charge is -2.51. The van der Waals surface area contributed by atoms with E-state index in [0.29, 0.717) is 16.9 Å². The molecule has 1 amide bonds. The molecule has 204 valence electrons. The van der Waals surface area contributed by atoms with Crippen LogP contribution in [0.1, 0.15) is 34.8 Å². The number of aliphatic hydroxyl groups is 1. The minimum Gasteiger partial charge on any atom is -0.543 e. The van der Waals surface area contributed by atoms with Crippen molar-refractivity contribution in [1.82, 2.24) is 14.3 Å². The summed E-state index contributed by atoms with van der Waals surface area (Å²) in [4.78, 5) is 52.4. The Hall–Kier alpha value is -4.11. The number of halogens is 3. The number of aliphatic hydroxyl groups excluding tert-OH is 1. The van der Waals surface area contributed by atoms with E-state index in [0.717, 1.165) is 15.6 Å². The number of carbonyl (C=O) groups is 3. The molecule has 1 aromatic carbocycles. The van der Waals surface area contributed by atoms with E-state index in [1.165, 1.54) is 37.4 Å². The van der Waals surface area contributed by atoms with E-state index in [-0.39, 0.29) is 27.4 Å². The molecule has 0 aliphatic carbocycles. The summed E-state index contributed by atoms with van der Waals surface area (Å²) in [7, 11) is 0. The number of hydrogen-bond acceptors (Lipinski definition) is 9. The maximum atomic E-state index is 13.1. The second kappa shape index (κ2) is 8.71. The van der Waals surface area contributed by atoms with Gasteiger partial charge in [-0.3, -0.25) is 24.1 Å². The Labute approximate surface area is 220 Å². The van der Waals surface area contributed by atoms with Crippen LogP contribution in [0.3, 0.4) is 0 Å². The number of nitrogens with zero attached hydrogens (tertiary/aromatic N) is 4. The fraction of sp³-hybridized carbons (Fsp3) is 0.333. The van der Waals surface area contributed by atoms with Crippen molar-refractivity contribution in [3.8, 4) is 0 Å². The molecule has 1 N–H and O–H groups in total. The number of fused-ring (bicyclic) bond motifs is 2. The van der Waals surface area contributed by atoms with Gasteiger partial charge in [-0.1, -0.05) is 19.1 Å². The van der Waals surface area contributed by atoms with Crippen LogP contribution in [-0.4, -0.2) is 60.3 Å². The largest absolute Gasteiger partial charge is 0.543 e. The molecule has 2 aliphatic rings. The lowest BCUT2D eigenvalue weighted by atomic mass is 9.64. The Morgan fingerprint density at radius 1 is 1.28 bits per heavy atom. The maximum Gasteiger partial charge on any atom is 0.456 e. The zero-order valence-electron chi connectivity index (χ0n) is 20.1. The molecule has 0 radical (unpaired) electrons. The van der Waals surface area contributed by atoms with E-state index < -0.39 is 63.6 Å². The predicted molar refractivity (Wildman–Crippen MR) is 126 cm³/mol. The van der Waals surface area contributed by atoms with Crippen LogP contribution in [0.4, 0.5) is 18.9 Å². The van der Waals surface area contributed by atoms with Gasteiger partial charge in [0.2, 0.25) is 5.91 Å². The number of imidazole rings is 1. The highest BCUT2D eigenvalue weighted by molar-refractivity contribution is 7.18. The molecule has 4 atom stereocenters. The number of carboxylic acid groups (broad SMARTS) is 1. The van der Waals surface area contributed by atoms with Crippen LogP contribution in [0.5, 0.6) is 0 Å². The zero-order chi connectivity index (χ0) is 28.6. The van der Waals surface area contributed by atoms with E-state index in [1.54, 1.807) is 6.92 Å². The van der Waals surface area contributed by atoms with Gasteiger partial charge in [0.05, 0.1) is 39.5 Å². The summed E-state index contributed by atoms with van der Waals surface area (Å²) in [5.41, 5.74) is -2.14. The van der Waals surface area contributed by atoms with Crippen LogP contribution in [-0.2, 0) is 16.0 Å². The molecule has 3 aromatic rings. The Balaban J connectivity index is 1.69. The monoisotopic (exact) mass is 563 g/mol. The van der Waals surface area contributed by atoms with Gasteiger partial charge in [0.1, 0.15) is 11.2 Å². The molecule has 2 aliphatic heterocycles. The van der Waals surface area contributed by atoms with Gasteiger partial charge in [-0.05, 0) is 18.9 Å². The van der Waals surface area contributed by atoms with Crippen LogP contribution in [0.15, 0.2) is 42.5 Å². The van der Waals surface area contributed by atoms with E-state index in [1.807, 2.05) is 0 Å². The minimum atomic E-state index is -5.19. The van der Waals surface area contributed by atoms with Gasteiger partial charge >= 0.3 is 6.18 Å². The Morgan fingerprint density at radius 3 is 2.46 bits per heavy atom. The summed E-state index contributed by atoms with van der Waals surface area (Å²) >= 11 is 0.696. The van der Waals surface area contributed by atoms with E-state index in [4.69, 9.17) is 0 Å². The number of ketones is 1. The number of non-ortho nitro benzene ring substituents is 1. The predicted octanol–water partition coefficient (Wildman–Crippen LogP) is 1.98. The van der Waals surface area contributed by atoms with Gasteiger partial charge in [0.15, 0.2) is 5.69 Å². The second-order valence-electron chi connectivity index (χ2n) is 9.68. The quantitative estimate of drug-likeness (QED) is 0.198. The first-order valence-corrected chi connectivity index (χ1v) is 12.3. The number of amides is 1. The normalized spacial score (nSPS) is 23.6.